The number of carbonyl (C=O) groups excluding carboxylic acids is 2. The number of benzene rings is 3. The Balaban J connectivity index is 1.92. The van der Waals surface area contributed by atoms with Crippen molar-refractivity contribution in [2.24, 2.45) is 0 Å². The topological polar surface area (TPSA) is 94.9 Å². The van der Waals surface area contributed by atoms with Gasteiger partial charge in [-0.2, -0.15) is 0 Å². The van der Waals surface area contributed by atoms with E-state index in [-0.39, 0.29) is 22.6 Å². The number of carbonyl (C=O) groups is 3. The van der Waals surface area contributed by atoms with E-state index in [2.05, 4.69) is 0 Å². The van der Waals surface area contributed by atoms with Gasteiger partial charge in [0.1, 0.15) is 5.76 Å². The van der Waals surface area contributed by atoms with Gasteiger partial charge >= 0.3 is 5.97 Å². The van der Waals surface area contributed by atoms with E-state index in [1.54, 1.807) is 72.8 Å². The quantitative estimate of drug-likeness (QED) is 0.295. The van der Waals surface area contributed by atoms with Crippen molar-refractivity contribution in [3.05, 3.63) is 105 Å². The SMILES string of the molecule is O=C(O)Cc1ccc(N2C(=O)C(=O)C(=C(O)c3ccccc3Cl)C2c2ccccc2Cl)cc1. The van der Waals surface area contributed by atoms with Crippen LogP contribution in [0.3, 0.4) is 0 Å². The number of nitrogens with zero attached hydrogens (tertiary/aromatic N) is 1. The fraction of sp³-hybridized carbons (Fsp3) is 0.0800. The van der Waals surface area contributed by atoms with Crippen molar-refractivity contribution in [3.8, 4) is 0 Å². The number of aliphatic carboxylic acids is 1. The lowest BCUT2D eigenvalue weighted by atomic mass is 9.95. The maximum Gasteiger partial charge on any atom is 0.307 e. The lowest BCUT2D eigenvalue weighted by Crippen LogP contribution is -2.29. The highest BCUT2D eigenvalue weighted by molar-refractivity contribution is 6.52. The molecule has 4 rings (SSSR count). The Kier molecular flexibility index (Phi) is 6.22. The predicted molar refractivity (Wildman–Crippen MR) is 125 cm³/mol. The van der Waals surface area contributed by atoms with E-state index in [0.29, 0.717) is 21.8 Å². The maximum absolute atomic E-state index is 13.2. The second kappa shape index (κ2) is 9.10. The molecule has 0 radical (unpaired) electrons. The number of hydrogen-bond donors (Lipinski definition) is 2. The normalized spacial score (nSPS) is 17.4. The molecule has 1 fully saturated rings. The Hall–Kier alpha value is -3.61. The van der Waals surface area contributed by atoms with Gasteiger partial charge in [-0.15, -0.1) is 0 Å². The van der Waals surface area contributed by atoms with Crippen LogP contribution in [0.15, 0.2) is 78.4 Å². The first-order valence-corrected chi connectivity index (χ1v) is 10.7. The highest BCUT2D eigenvalue weighted by Crippen LogP contribution is 2.44. The van der Waals surface area contributed by atoms with Crippen LogP contribution in [-0.2, 0) is 20.8 Å². The molecule has 1 atom stereocenters. The van der Waals surface area contributed by atoms with Gasteiger partial charge < -0.3 is 10.2 Å². The van der Waals surface area contributed by atoms with Gasteiger partial charge in [-0.3, -0.25) is 19.3 Å². The number of amides is 1. The summed E-state index contributed by atoms with van der Waals surface area (Å²) >= 11 is 12.7. The van der Waals surface area contributed by atoms with Crippen LogP contribution < -0.4 is 4.90 Å². The van der Waals surface area contributed by atoms with Crippen LogP contribution in [0.4, 0.5) is 5.69 Å². The lowest BCUT2D eigenvalue weighted by molar-refractivity contribution is -0.136. The third-order valence-electron chi connectivity index (χ3n) is 5.34. The molecule has 0 aliphatic carbocycles. The molecule has 0 spiro atoms. The zero-order valence-electron chi connectivity index (χ0n) is 17.0. The number of halogens is 2. The Bertz CT molecular complexity index is 1300. The highest BCUT2D eigenvalue weighted by atomic mass is 35.5. The van der Waals surface area contributed by atoms with Crippen molar-refractivity contribution < 1.29 is 24.6 Å². The van der Waals surface area contributed by atoms with Crippen molar-refractivity contribution in [1.82, 2.24) is 0 Å². The van der Waals surface area contributed by atoms with Crippen LogP contribution in [0, 0.1) is 0 Å². The molecule has 3 aromatic rings. The van der Waals surface area contributed by atoms with Crippen molar-refractivity contribution in [3.63, 3.8) is 0 Å². The second-order valence-corrected chi connectivity index (χ2v) is 8.22. The van der Waals surface area contributed by atoms with Gasteiger partial charge in [-0.25, -0.2) is 0 Å². The van der Waals surface area contributed by atoms with Crippen molar-refractivity contribution in [2.75, 3.05) is 4.90 Å². The van der Waals surface area contributed by atoms with Crippen LogP contribution in [0.2, 0.25) is 10.0 Å². The minimum Gasteiger partial charge on any atom is -0.507 e. The summed E-state index contributed by atoms with van der Waals surface area (Å²) in [5.41, 5.74) is 1.41. The zero-order valence-corrected chi connectivity index (χ0v) is 18.5. The fourth-order valence-electron chi connectivity index (χ4n) is 3.84. The van der Waals surface area contributed by atoms with Gasteiger partial charge in [0.2, 0.25) is 0 Å². The van der Waals surface area contributed by atoms with E-state index < -0.39 is 29.5 Å². The molecule has 0 aromatic heterocycles. The maximum atomic E-state index is 13.2. The van der Waals surface area contributed by atoms with Gasteiger partial charge in [-0.05, 0) is 41.5 Å². The first kappa shape index (κ1) is 22.6. The number of rotatable bonds is 5. The molecular weight excluding hydrogens is 465 g/mol. The van der Waals surface area contributed by atoms with Crippen LogP contribution in [0.1, 0.15) is 22.7 Å². The largest absolute Gasteiger partial charge is 0.507 e. The molecule has 33 heavy (non-hydrogen) atoms. The van der Waals surface area contributed by atoms with Crippen molar-refractivity contribution in [2.45, 2.75) is 12.5 Å². The standard InChI is InChI=1S/C25H17Cl2NO5/c26-18-7-3-1-5-16(18)22-21(23(31)17-6-2-4-8-19(17)27)24(32)25(33)28(22)15-11-9-14(10-12-15)13-20(29)30/h1-12,22,31H,13H2,(H,29,30). The molecule has 6 nitrogen and oxygen atoms in total. The molecule has 0 bridgehead atoms. The first-order chi connectivity index (χ1) is 15.8. The highest BCUT2D eigenvalue weighted by Gasteiger charge is 2.47. The number of aliphatic hydroxyl groups is 1. The predicted octanol–water partition coefficient (Wildman–Crippen LogP) is 5.25. The Morgan fingerprint density at radius 2 is 1.45 bits per heavy atom. The van der Waals surface area contributed by atoms with Gasteiger partial charge in [0.05, 0.1) is 23.1 Å². The lowest BCUT2D eigenvalue weighted by Gasteiger charge is -2.26. The first-order valence-electron chi connectivity index (χ1n) is 9.90. The van der Waals surface area contributed by atoms with Crippen molar-refractivity contribution >= 4 is 52.3 Å². The molecule has 2 N–H and O–H groups in total. The summed E-state index contributed by atoms with van der Waals surface area (Å²) in [5, 5.41) is 20.6. The number of carboxylic acids is 1. The number of aliphatic hydroxyl groups excluding tert-OH is 1. The molecule has 1 aliphatic rings. The van der Waals surface area contributed by atoms with Gasteiger partial charge in [0.25, 0.3) is 11.7 Å². The van der Waals surface area contributed by atoms with E-state index in [9.17, 15) is 19.5 Å². The number of anilines is 1. The zero-order chi connectivity index (χ0) is 23.7. The molecule has 1 amide bonds. The Labute approximate surface area is 199 Å². The molecule has 0 saturated carbocycles. The molecule has 1 heterocycles. The van der Waals surface area contributed by atoms with Crippen LogP contribution in [-0.4, -0.2) is 27.9 Å². The van der Waals surface area contributed by atoms with Crippen LogP contribution in [0.5, 0.6) is 0 Å². The summed E-state index contributed by atoms with van der Waals surface area (Å²) in [7, 11) is 0. The van der Waals surface area contributed by atoms with Gasteiger partial charge in [0, 0.05) is 16.3 Å². The van der Waals surface area contributed by atoms with Crippen molar-refractivity contribution in [1.29, 1.82) is 0 Å². The number of hydrogen-bond acceptors (Lipinski definition) is 4. The fourth-order valence-corrected chi connectivity index (χ4v) is 4.30. The average molecular weight is 482 g/mol. The number of carboxylic acid groups (broad SMARTS) is 1. The summed E-state index contributed by atoms with van der Waals surface area (Å²) in [6, 6.07) is 18.4. The number of ketones is 1. The summed E-state index contributed by atoms with van der Waals surface area (Å²) in [5.74, 6) is -3.13. The van der Waals surface area contributed by atoms with E-state index in [0.717, 1.165) is 0 Å². The third-order valence-corrected chi connectivity index (χ3v) is 6.02. The van der Waals surface area contributed by atoms with Gasteiger partial charge in [0.15, 0.2) is 0 Å². The summed E-state index contributed by atoms with van der Waals surface area (Å²) in [6.45, 7) is 0. The Morgan fingerprint density at radius 1 is 0.848 bits per heavy atom. The monoisotopic (exact) mass is 481 g/mol. The molecular formula is C25H17Cl2NO5. The summed E-state index contributed by atoms with van der Waals surface area (Å²) < 4.78 is 0. The smallest absolute Gasteiger partial charge is 0.307 e. The molecule has 8 heteroatoms. The molecule has 3 aromatic carbocycles. The van der Waals surface area contributed by atoms with Crippen LogP contribution in [0.25, 0.3) is 5.76 Å². The third kappa shape index (κ3) is 4.23. The molecule has 166 valence electrons. The number of Topliss-reactive ketones (excluding diaryl/α,β-unsaturated/α-hetero) is 1. The Morgan fingerprint density at radius 3 is 2.06 bits per heavy atom. The minimum absolute atomic E-state index is 0.143. The minimum atomic E-state index is -1.01. The average Bonchev–Trinajstić information content (AvgIpc) is 3.05. The van der Waals surface area contributed by atoms with E-state index >= 15 is 0 Å². The summed E-state index contributed by atoms with van der Waals surface area (Å²) in [4.78, 5) is 38.5. The molecule has 1 saturated heterocycles. The van der Waals surface area contributed by atoms with E-state index in [1.807, 2.05) is 0 Å². The molecule has 1 aliphatic heterocycles. The van der Waals surface area contributed by atoms with E-state index in [1.165, 1.54) is 4.90 Å². The van der Waals surface area contributed by atoms with E-state index in [4.69, 9.17) is 28.3 Å². The molecule has 1 unspecified atom stereocenters. The van der Waals surface area contributed by atoms with Crippen LogP contribution >= 0.6 is 23.2 Å². The van der Waals surface area contributed by atoms with Gasteiger partial charge in [-0.1, -0.05) is 65.7 Å². The second-order valence-electron chi connectivity index (χ2n) is 7.41. The summed E-state index contributed by atoms with van der Waals surface area (Å²) in [6.07, 6.45) is -0.181.